The smallest absolute Gasteiger partial charge is 0.280 e. The monoisotopic (exact) mass is 468 g/mol. The Morgan fingerprint density at radius 3 is 2.79 bits per heavy atom. The van der Waals surface area contributed by atoms with Crippen LogP contribution in [0.2, 0.25) is 0 Å². The van der Waals surface area contributed by atoms with Gasteiger partial charge in [-0.3, -0.25) is 9.48 Å². The minimum absolute atomic E-state index is 0.164. The normalized spacial score (nSPS) is 11.2. The molecule has 170 valence electrons. The van der Waals surface area contributed by atoms with Crippen LogP contribution in [0.3, 0.4) is 0 Å². The summed E-state index contributed by atoms with van der Waals surface area (Å²) >= 11 is 1.19. The molecule has 0 aliphatic carbocycles. The number of methoxy groups -OCH3 is 1. The number of nitrogens with zero attached hydrogens (tertiary/aromatic N) is 4. The summed E-state index contributed by atoms with van der Waals surface area (Å²) < 4.78 is 33.4. The molecule has 0 unspecified atom stereocenters. The van der Waals surface area contributed by atoms with E-state index in [9.17, 15) is 18.8 Å². The minimum Gasteiger partial charge on any atom is -0.496 e. The number of thioether (sulfide) groups is 1. The number of halogens is 2. The lowest BCUT2D eigenvalue weighted by Gasteiger charge is -2.12. The maximum Gasteiger partial charge on any atom is 0.280 e. The van der Waals surface area contributed by atoms with Crippen LogP contribution in [0.1, 0.15) is 51.8 Å². The van der Waals surface area contributed by atoms with Gasteiger partial charge in [0.2, 0.25) is 5.78 Å². The predicted octanol–water partition coefficient (Wildman–Crippen LogP) is 5.61. The fraction of sp³-hybridized carbons (Fsp3) is 0.250. The lowest BCUT2D eigenvalue weighted by Crippen LogP contribution is -2.07. The standard InChI is InChI=1S/C24H22F2N4O2S/c1-4-30-20(9-10-28-30)21(31)7-5-16-6-8-22(32-3)17(12-16)14-33-24-18(13-27)15(2)11-19(29-24)23(25)26/h5-12,23H,4,14H2,1-3H3/b7-5+. The SMILES string of the molecule is CCn1nccc1C(=O)/C=C/c1ccc(OC)c(CSc2nc(C(F)F)cc(C)c2C#N)c1. The van der Waals surface area contributed by atoms with Crippen LogP contribution in [0.15, 0.2) is 47.6 Å². The molecule has 2 aromatic heterocycles. The van der Waals surface area contributed by atoms with Gasteiger partial charge in [-0.2, -0.15) is 10.4 Å². The quantitative estimate of drug-likeness (QED) is 0.231. The molecule has 0 N–H and O–H groups in total. The summed E-state index contributed by atoms with van der Waals surface area (Å²) in [5.74, 6) is 0.786. The first-order valence-corrected chi connectivity index (χ1v) is 11.1. The highest BCUT2D eigenvalue weighted by Crippen LogP contribution is 2.32. The van der Waals surface area contributed by atoms with Crippen LogP contribution < -0.4 is 4.74 Å². The van der Waals surface area contributed by atoms with Crippen molar-refractivity contribution in [2.24, 2.45) is 0 Å². The van der Waals surface area contributed by atoms with Gasteiger partial charge >= 0.3 is 0 Å². The second-order valence-electron chi connectivity index (χ2n) is 7.05. The molecule has 0 saturated heterocycles. The average molecular weight is 469 g/mol. The van der Waals surface area contributed by atoms with Gasteiger partial charge in [0.05, 0.1) is 12.7 Å². The van der Waals surface area contributed by atoms with Crippen LogP contribution in [0.25, 0.3) is 6.08 Å². The van der Waals surface area contributed by atoms with Crippen molar-refractivity contribution in [3.8, 4) is 11.8 Å². The molecule has 9 heteroatoms. The number of pyridine rings is 1. The first-order chi connectivity index (χ1) is 15.9. The highest BCUT2D eigenvalue weighted by atomic mass is 32.2. The van der Waals surface area contributed by atoms with Crippen molar-refractivity contribution in [3.63, 3.8) is 0 Å². The summed E-state index contributed by atoms with van der Waals surface area (Å²) in [4.78, 5) is 16.5. The maximum absolute atomic E-state index is 13.2. The predicted molar refractivity (Wildman–Crippen MR) is 122 cm³/mol. The number of benzene rings is 1. The van der Waals surface area contributed by atoms with Crippen molar-refractivity contribution >= 4 is 23.6 Å². The van der Waals surface area contributed by atoms with Crippen LogP contribution >= 0.6 is 11.8 Å². The zero-order valence-corrected chi connectivity index (χ0v) is 19.2. The fourth-order valence-electron chi connectivity index (χ4n) is 3.23. The van der Waals surface area contributed by atoms with E-state index >= 15 is 0 Å². The highest BCUT2D eigenvalue weighted by Gasteiger charge is 2.17. The highest BCUT2D eigenvalue weighted by molar-refractivity contribution is 7.98. The van der Waals surface area contributed by atoms with Crippen LogP contribution in [0.5, 0.6) is 5.75 Å². The molecule has 0 saturated carbocycles. The van der Waals surface area contributed by atoms with E-state index < -0.39 is 6.43 Å². The van der Waals surface area contributed by atoms with Crippen LogP contribution in [-0.2, 0) is 12.3 Å². The number of alkyl halides is 2. The van der Waals surface area contributed by atoms with Gasteiger partial charge < -0.3 is 4.74 Å². The number of carbonyl (C=O) groups excluding carboxylic acids is 1. The topological polar surface area (TPSA) is 80.8 Å². The number of hydrogen-bond acceptors (Lipinski definition) is 6. The Bertz CT molecular complexity index is 1230. The summed E-state index contributed by atoms with van der Waals surface area (Å²) in [6, 6.07) is 10.4. The lowest BCUT2D eigenvalue weighted by atomic mass is 10.1. The van der Waals surface area contributed by atoms with Crippen molar-refractivity contribution in [3.05, 3.63) is 76.2 Å². The Morgan fingerprint density at radius 2 is 2.12 bits per heavy atom. The first kappa shape index (κ1) is 24.1. The van der Waals surface area contributed by atoms with Gasteiger partial charge in [0.15, 0.2) is 0 Å². The van der Waals surface area contributed by atoms with E-state index in [-0.39, 0.29) is 22.1 Å². The number of hydrogen-bond donors (Lipinski definition) is 0. The zero-order valence-electron chi connectivity index (χ0n) is 18.4. The van der Waals surface area contributed by atoms with E-state index in [4.69, 9.17) is 4.74 Å². The van der Waals surface area contributed by atoms with Crippen LogP contribution in [0, 0.1) is 18.3 Å². The Morgan fingerprint density at radius 1 is 1.33 bits per heavy atom. The number of ether oxygens (including phenoxy) is 1. The van der Waals surface area contributed by atoms with Crippen molar-refractivity contribution in [2.75, 3.05) is 7.11 Å². The summed E-state index contributed by atoms with van der Waals surface area (Å²) in [6.07, 6.45) is 2.04. The van der Waals surface area contributed by atoms with Gasteiger partial charge in [-0.1, -0.05) is 12.1 Å². The molecule has 0 radical (unpaired) electrons. The Kier molecular flexibility index (Phi) is 7.96. The van der Waals surface area contributed by atoms with E-state index in [0.717, 1.165) is 11.1 Å². The molecule has 0 aliphatic rings. The zero-order chi connectivity index (χ0) is 24.0. The maximum atomic E-state index is 13.2. The number of aromatic nitrogens is 3. The second kappa shape index (κ2) is 10.9. The number of carbonyl (C=O) groups is 1. The molecular formula is C24H22F2N4O2S. The minimum atomic E-state index is -2.72. The van der Waals surface area contributed by atoms with Gasteiger partial charge in [0.25, 0.3) is 6.43 Å². The van der Waals surface area contributed by atoms with E-state index in [2.05, 4.69) is 10.1 Å². The molecule has 0 bridgehead atoms. The number of allylic oxidation sites excluding steroid dienone is 1. The van der Waals surface area contributed by atoms with Crippen molar-refractivity contribution in [1.82, 2.24) is 14.8 Å². The number of nitriles is 1. The number of aryl methyl sites for hydroxylation is 2. The molecule has 6 nitrogen and oxygen atoms in total. The van der Waals surface area contributed by atoms with Gasteiger partial charge in [-0.15, -0.1) is 11.8 Å². The van der Waals surface area contributed by atoms with Crippen molar-refractivity contribution < 1.29 is 18.3 Å². The van der Waals surface area contributed by atoms with Crippen molar-refractivity contribution in [2.45, 2.75) is 37.6 Å². The first-order valence-electron chi connectivity index (χ1n) is 10.1. The third-order valence-electron chi connectivity index (χ3n) is 4.90. The number of ketones is 1. The van der Waals surface area contributed by atoms with Crippen molar-refractivity contribution in [1.29, 1.82) is 5.26 Å². The summed E-state index contributed by atoms with van der Waals surface area (Å²) in [7, 11) is 1.54. The van der Waals surface area contributed by atoms with Gasteiger partial charge in [-0.25, -0.2) is 13.8 Å². The van der Waals surface area contributed by atoms with E-state index in [1.54, 1.807) is 36.0 Å². The molecule has 0 fully saturated rings. The third-order valence-corrected chi connectivity index (χ3v) is 5.93. The largest absolute Gasteiger partial charge is 0.496 e. The van der Waals surface area contributed by atoms with Gasteiger partial charge in [0, 0.05) is 24.1 Å². The van der Waals surface area contributed by atoms with Crippen LogP contribution in [-0.4, -0.2) is 27.7 Å². The second-order valence-corrected chi connectivity index (χ2v) is 8.01. The van der Waals surface area contributed by atoms with Gasteiger partial charge in [-0.05, 0) is 55.3 Å². The fourth-order valence-corrected chi connectivity index (χ4v) is 4.27. The summed E-state index contributed by atoms with van der Waals surface area (Å²) in [5.41, 5.74) is 2.43. The molecule has 2 heterocycles. The summed E-state index contributed by atoms with van der Waals surface area (Å²) in [5, 5.41) is 13.8. The third kappa shape index (κ3) is 5.65. The molecule has 1 aromatic carbocycles. The molecule has 0 amide bonds. The average Bonchev–Trinajstić information content (AvgIpc) is 3.30. The summed E-state index contributed by atoms with van der Waals surface area (Å²) in [6.45, 7) is 4.12. The van der Waals surface area contributed by atoms with E-state index in [0.29, 0.717) is 29.3 Å². The van der Waals surface area contributed by atoms with Crippen LogP contribution in [0.4, 0.5) is 8.78 Å². The Labute approximate surface area is 194 Å². The molecular weight excluding hydrogens is 446 g/mol. The Balaban J connectivity index is 1.84. The lowest BCUT2D eigenvalue weighted by molar-refractivity contribution is 0.103. The molecule has 0 aliphatic heterocycles. The Hall–Kier alpha value is -3.51. The molecule has 3 rings (SSSR count). The van der Waals surface area contributed by atoms with E-state index in [1.165, 1.54) is 31.0 Å². The van der Waals surface area contributed by atoms with E-state index in [1.807, 2.05) is 25.1 Å². The number of rotatable bonds is 9. The molecule has 0 spiro atoms. The van der Waals surface area contributed by atoms with Gasteiger partial charge in [0.1, 0.15) is 28.2 Å². The molecule has 0 atom stereocenters. The molecule has 3 aromatic rings. The molecule has 33 heavy (non-hydrogen) atoms.